The van der Waals surface area contributed by atoms with Gasteiger partial charge in [0.2, 0.25) is 5.95 Å². The molecular formula is C19H20N4O2. The summed E-state index contributed by atoms with van der Waals surface area (Å²) in [4.78, 5) is 18.6. The Morgan fingerprint density at radius 2 is 2.00 bits per heavy atom. The van der Waals surface area contributed by atoms with Crippen LogP contribution in [0, 0.1) is 0 Å². The van der Waals surface area contributed by atoms with E-state index in [2.05, 4.69) is 4.98 Å². The Labute approximate surface area is 145 Å². The Kier molecular flexibility index (Phi) is 3.51. The number of nitrogens with zero attached hydrogens (tertiary/aromatic N) is 3. The number of amides is 1. The number of rotatable bonds is 4. The molecule has 1 aliphatic rings. The first-order chi connectivity index (χ1) is 12.0. The van der Waals surface area contributed by atoms with Crippen LogP contribution in [0.15, 0.2) is 48.5 Å². The number of hydrogen-bond acceptors (Lipinski definition) is 4. The van der Waals surface area contributed by atoms with Crippen molar-refractivity contribution >= 4 is 28.6 Å². The molecule has 1 fully saturated rings. The molecule has 1 saturated carbocycles. The predicted molar refractivity (Wildman–Crippen MR) is 97.5 cm³/mol. The summed E-state index contributed by atoms with van der Waals surface area (Å²) in [6.07, 6.45) is 1.58. The molecule has 2 aromatic carbocycles. The van der Waals surface area contributed by atoms with Gasteiger partial charge in [-0.15, -0.1) is 0 Å². The number of aromatic nitrogens is 2. The van der Waals surface area contributed by atoms with Crippen molar-refractivity contribution in [3.63, 3.8) is 0 Å². The molecule has 0 bridgehead atoms. The maximum Gasteiger partial charge on any atom is 0.258 e. The molecule has 1 amide bonds. The predicted octanol–water partition coefficient (Wildman–Crippen LogP) is 2.42. The van der Waals surface area contributed by atoms with Crippen LogP contribution in [0.1, 0.15) is 23.2 Å². The second-order valence-electron chi connectivity index (χ2n) is 6.68. The Hall–Kier alpha value is -2.86. The molecule has 0 saturated heterocycles. The molecule has 6 heteroatoms. The molecule has 0 aliphatic heterocycles. The van der Waals surface area contributed by atoms with Crippen molar-refractivity contribution in [2.75, 3.05) is 17.7 Å². The third-order valence-corrected chi connectivity index (χ3v) is 4.75. The molecule has 128 valence electrons. The van der Waals surface area contributed by atoms with E-state index in [1.807, 2.05) is 41.0 Å². The minimum Gasteiger partial charge on any atom is -0.388 e. The number of fused-ring (bicyclic) bond motifs is 1. The summed E-state index contributed by atoms with van der Waals surface area (Å²) >= 11 is 0. The standard InChI is InChI=1S/C19H20N4O2/c1-22(17(24)13-5-3-2-4-6-13)14-7-8-16-15(11-14)21-18(20)23(16)12-19(25)9-10-19/h2-8,11,25H,9-10,12H2,1H3,(H2,20,21). The van der Waals surface area contributed by atoms with Gasteiger partial charge in [-0.25, -0.2) is 4.98 Å². The van der Waals surface area contributed by atoms with Gasteiger partial charge < -0.3 is 20.3 Å². The molecule has 25 heavy (non-hydrogen) atoms. The van der Waals surface area contributed by atoms with Crippen LogP contribution < -0.4 is 10.6 Å². The number of imidazole rings is 1. The number of hydrogen-bond donors (Lipinski definition) is 2. The molecule has 1 aromatic heterocycles. The minimum atomic E-state index is -0.652. The lowest BCUT2D eigenvalue weighted by molar-refractivity contribution is 0.0993. The highest BCUT2D eigenvalue weighted by Crippen LogP contribution is 2.38. The summed E-state index contributed by atoms with van der Waals surface area (Å²) in [5, 5.41) is 10.2. The van der Waals surface area contributed by atoms with E-state index in [9.17, 15) is 9.90 Å². The summed E-state index contributed by atoms with van der Waals surface area (Å²) in [5.41, 5.74) is 8.33. The van der Waals surface area contributed by atoms with Gasteiger partial charge in [-0.05, 0) is 43.2 Å². The van der Waals surface area contributed by atoms with Crippen molar-refractivity contribution in [2.45, 2.75) is 25.0 Å². The zero-order valence-corrected chi connectivity index (χ0v) is 14.0. The molecule has 1 aliphatic carbocycles. The Balaban J connectivity index is 1.66. The van der Waals surface area contributed by atoms with E-state index in [0.717, 1.165) is 24.0 Å². The van der Waals surface area contributed by atoms with Gasteiger partial charge >= 0.3 is 0 Å². The first-order valence-electron chi connectivity index (χ1n) is 8.28. The van der Waals surface area contributed by atoms with Crippen molar-refractivity contribution in [3.8, 4) is 0 Å². The van der Waals surface area contributed by atoms with Crippen LogP contribution >= 0.6 is 0 Å². The Bertz CT molecular complexity index is 945. The van der Waals surface area contributed by atoms with Crippen molar-refractivity contribution in [2.24, 2.45) is 0 Å². The molecular weight excluding hydrogens is 316 g/mol. The third kappa shape index (κ3) is 2.85. The van der Waals surface area contributed by atoms with Crippen LogP contribution in [0.3, 0.4) is 0 Å². The van der Waals surface area contributed by atoms with E-state index in [1.165, 1.54) is 0 Å². The molecule has 4 rings (SSSR count). The molecule has 0 unspecified atom stereocenters. The summed E-state index contributed by atoms with van der Waals surface area (Å²) in [6, 6.07) is 14.8. The second kappa shape index (κ2) is 5.60. The number of nitrogens with two attached hydrogens (primary N) is 1. The lowest BCUT2D eigenvalue weighted by atomic mass is 10.2. The minimum absolute atomic E-state index is 0.0837. The Morgan fingerprint density at radius 1 is 1.28 bits per heavy atom. The average molecular weight is 336 g/mol. The summed E-state index contributed by atoms with van der Waals surface area (Å²) in [6.45, 7) is 0.452. The molecule has 0 atom stereocenters. The van der Waals surface area contributed by atoms with Gasteiger partial charge in [0.1, 0.15) is 0 Å². The van der Waals surface area contributed by atoms with Gasteiger partial charge in [0.25, 0.3) is 5.91 Å². The van der Waals surface area contributed by atoms with E-state index in [1.54, 1.807) is 24.1 Å². The number of carbonyl (C=O) groups excluding carboxylic acids is 1. The van der Waals surface area contributed by atoms with Crippen molar-refractivity contribution in [3.05, 3.63) is 54.1 Å². The monoisotopic (exact) mass is 336 g/mol. The van der Waals surface area contributed by atoms with Gasteiger partial charge in [0.05, 0.1) is 23.2 Å². The van der Waals surface area contributed by atoms with Crippen LogP contribution in [0.4, 0.5) is 11.6 Å². The van der Waals surface area contributed by atoms with Gasteiger partial charge in [0, 0.05) is 18.3 Å². The lowest BCUT2D eigenvalue weighted by Crippen LogP contribution is -2.26. The van der Waals surface area contributed by atoms with Gasteiger partial charge in [-0.1, -0.05) is 18.2 Å². The molecule has 0 spiro atoms. The van der Waals surface area contributed by atoms with E-state index >= 15 is 0 Å². The summed E-state index contributed by atoms with van der Waals surface area (Å²) in [7, 11) is 1.74. The molecule has 3 aromatic rings. The highest BCUT2D eigenvalue weighted by Gasteiger charge is 2.41. The normalized spacial score (nSPS) is 15.3. The molecule has 3 N–H and O–H groups in total. The fourth-order valence-corrected chi connectivity index (χ4v) is 3.00. The van der Waals surface area contributed by atoms with Crippen molar-refractivity contribution in [1.82, 2.24) is 9.55 Å². The largest absolute Gasteiger partial charge is 0.388 e. The van der Waals surface area contributed by atoms with Gasteiger partial charge in [-0.2, -0.15) is 0 Å². The quantitative estimate of drug-likeness (QED) is 0.766. The Morgan fingerprint density at radius 3 is 2.68 bits per heavy atom. The third-order valence-electron chi connectivity index (χ3n) is 4.75. The molecule has 6 nitrogen and oxygen atoms in total. The van der Waals surface area contributed by atoms with E-state index < -0.39 is 5.60 Å². The maximum absolute atomic E-state index is 12.6. The topological polar surface area (TPSA) is 84.4 Å². The SMILES string of the molecule is CN(C(=O)c1ccccc1)c1ccc2c(c1)nc(N)n2CC1(O)CC1. The average Bonchev–Trinajstić information content (AvgIpc) is 3.28. The zero-order chi connectivity index (χ0) is 17.6. The fraction of sp³-hybridized carbons (Fsp3) is 0.263. The smallest absolute Gasteiger partial charge is 0.258 e. The number of aliphatic hydroxyl groups is 1. The number of nitrogen functional groups attached to an aromatic ring is 1. The zero-order valence-electron chi connectivity index (χ0n) is 14.0. The highest BCUT2D eigenvalue weighted by atomic mass is 16.3. The van der Waals surface area contributed by atoms with Crippen LogP contribution in [0.2, 0.25) is 0 Å². The molecule has 1 heterocycles. The van der Waals surface area contributed by atoms with E-state index in [0.29, 0.717) is 23.6 Å². The van der Waals surface area contributed by atoms with Crippen LogP contribution in [0.5, 0.6) is 0 Å². The molecule has 0 radical (unpaired) electrons. The summed E-state index contributed by atoms with van der Waals surface area (Å²) < 4.78 is 1.84. The van der Waals surface area contributed by atoms with Crippen LogP contribution in [-0.2, 0) is 6.54 Å². The summed E-state index contributed by atoms with van der Waals surface area (Å²) in [5.74, 6) is 0.296. The van der Waals surface area contributed by atoms with Gasteiger partial charge in [-0.3, -0.25) is 4.79 Å². The highest BCUT2D eigenvalue weighted by molar-refractivity contribution is 6.06. The van der Waals surface area contributed by atoms with Crippen molar-refractivity contribution in [1.29, 1.82) is 0 Å². The fourth-order valence-electron chi connectivity index (χ4n) is 3.00. The van der Waals surface area contributed by atoms with Crippen LogP contribution in [0.25, 0.3) is 11.0 Å². The number of benzene rings is 2. The number of anilines is 2. The van der Waals surface area contributed by atoms with Crippen LogP contribution in [-0.4, -0.2) is 33.2 Å². The first-order valence-corrected chi connectivity index (χ1v) is 8.28. The van der Waals surface area contributed by atoms with E-state index in [-0.39, 0.29) is 5.91 Å². The lowest BCUT2D eigenvalue weighted by Gasteiger charge is -2.17. The first kappa shape index (κ1) is 15.7. The second-order valence-corrected chi connectivity index (χ2v) is 6.68. The number of carbonyl (C=O) groups is 1. The van der Waals surface area contributed by atoms with E-state index in [4.69, 9.17) is 5.73 Å². The van der Waals surface area contributed by atoms with Gasteiger partial charge in [0.15, 0.2) is 0 Å². The van der Waals surface area contributed by atoms with Crippen molar-refractivity contribution < 1.29 is 9.90 Å². The maximum atomic E-state index is 12.6.